The number of amides is 1. The molecule has 1 amide bonds. The van der Waals surface area contributed by atoms with Gasteiger partial charge in [-0.05, 0) is 70.1 Å². The number of carbonyl (C=O) groups is 1. The lowest BCUT2D eigenvalue weighted by Gasteiger charge is -2.15. The Morgan fingerprint density at radius 1 is 0.824 bits per heavy atom. The van der Waals surface area contributed by atoms with E-state index in [0.717, 1.165) is 53.2 Å². The maximum absolute atomic E-state index is 12.8. The molecular weight excluding hydrogens is 420 g/mol. The molecule has 0 saturated carbocycles. The first-order valence-corrected chi connectivity index (χ1v) is 12.0. The van der Waals surface area contributed by atoms with Crippen LogP contribution in [0, 0.1) is 13.8 Å². The van der Waals surface area contributed by atoms with Crippen molar-refractivity contribution in [3.05, 3.63) is 83.4 Å². The molecular formula is C29H30N4O. The van der Waals surface area contributed by atoms with Crippen molar-refractivity contribution in [3.8, 4) is 22.5 Å². The third-order valence-electron chi connectivity index (χ3n) is 6.42. The molecule has 1 aliphatic rings. The van der Waals surface area contributed by atoms with Crippen LogP contribution in [0.2, 0.25) is 0 Å². The Hall–Kier alpha value is -3.57. The van der Waals surface area contributed by atoms with Crippen LogP contribution in [0.25, 0.3) is 33.5 Å². The molecule has 3 aromatic carbocycles. The van der Waals surface area contributed by atoms with Crippen molar-refractivity contribution in [2.24, 2.45) is 0 Å². The van der Waals surface area contributed by atoms with Gasteiger partial charge in [-0.2, -0.15) is 0 Å². The quantitative estimate of drug-likeness (QED) is 0.427. The summed E-state index contributed by atoms with van der Waals surface area (Å²) in [7, 11) is 0. The third kappa shape index (κ3) is 4.85. The minimum atomic E-state index is -0.0669. The van der Waals surface area contributed by atoms with Crippen molar-refractivity contribution in [2.45, 2.75) is 26.7 Å². The van der Waals surface area contributed by atoms with Crippen LogP contribution in [0.15, 0.2) is 66.7 Å². The van der Waals surface area contributed by atoms with Crippen LogP contribution in [0.4, 0.5) is 0 Å². The number of aromatic nitrogens is 2. The SMILES string of the molecule is Cc1cccc(-c2nc3ccc(C(=O)NCCN4CCCC4)cc3nc2-c2cccc(C)c2)c1. The maximum Gasteiger partial charge on any atom is 0.251 e. The van der Waals surface area contributed by atoms with Crippen molar-refractivity contribution >= 4 is 16.9 Å². The van der Waals surface area contributed by atoms with E-state index in [1.165, 1.54) is 24.0 Å². The molecule has 0 bridgehead atoms. The van der Waals surface area contributed by atoms with Crippen LogP contribution in [-0.2, 0) is 0 Å². The number of likely N-dealkylation sites (tertiary alicyclic amines) is 1. The second-order valence-electron chi connectivity index (χ2n) is 9.17. The zero-order valence-corrected chi connectivity index (χ0v) is 19.8. The maximum atomic E-state index is 12.8. The lowest BCUT2D eigenvalue weighted by molar-refractivity contribution is 0.0950. The van der Waals surface area contributed by atoms with E-state index in [9.17, 15) is 4.79 Å². The number of aryl methyl sites for hydroxylation is 2. The van der Waals surface area contributed by atoms with Gasteiger partial charge >= 0.3 is 0 Å². The molecule has 5 nitrogen and oxygen atoms in total. The van der Waals surface area contributed by atoms with Crippen molar-refractivity contribution in [1.82, 2.24) is 20.2 Å². The van der Waals surface area contributed by atoms with E-state index in [1.54, 1.807) is 0 Å². The van der Waals surface area contributed by atoms with E-state index in [-0.39, 0.29) is 5.91 Å². The topological polar surface area (TPSA) is 58.1 Å². The van der Waals surface area contributed by atoms with E-state index in [4.69, 9.17) is 9.97 Å². The number of nitrogens with one attached hydrogen (secondary N) is 1. The number of nitrogens with zero attached hydrogens (tertiary/aromatic N) is 3. The van der Waals surface area contributed by atoms with Gasteiger partial charge in [0.2, 0.25) is 0 Å². The molecule has 1 aromatic heterocycles. The van der Waals surface area contributed by atoms with Gasteiger partial charge in [-0.1, -0.05) is 47.5 Å². The molecule has 0 spiro atoms. The van der Waals surface area contributed by atoms with Gasteiger partial charge in [0.05, 0.1) is 22.4 Å². The van der Waals surface area contributed by atoms with Crippen molar-refractivity contribution < 1.29 is 4.79 Å². The highest BCUT2D eigenvalue weighted by Gasteiger charge is 2.16. The summed E-state index contributed by atoms with van der Waals surface area (Å²) in [5, 5.41) is 3.06. The molecule has 5 heteroatoms. The van der Waals surface area contributed by atoms with Crippen LogP contribution in [-0.4, -0.2) is 47.0 Å². The molecule has 0 atom stereocenters. The zero-order valence-electron chi connectivity index (χ0n) is 19.8. The van der Waals surface area contributed by atoms with E-state index >= 15 is 0 Å². The van der Waals surface area contributed by atoms with Gasteiger partial charge in [0.1, 0.15) is 0 Å². The number of carbonyl (C=O) groups excluding carboxylic acids is 1. The molecule has 0 unspecified atom stereocenters. The van der Waals surface area contributed by atoms with Crippen molar-refractivity contribution in [2.75, 3.05) is 26.2 Å². The van der Waals surface area contributed by atoms with E-state index in [1.807, 2.05) is 30.3 Å². The summed E-state index contributed by atoms with van der Waals surface area (Å²) in [5.41, 5.74) is 8.19. The minimum absolute atomic E-state index is 0.0669. The third-order valence-corrected chi connectivity index (χ3v) is 6.42. The van der Waals surface area contributed by atoms with Gasteiger partial charge in [0, 0.05) is 29.8 Å². The average molecular weight is 451 g/mol. The molecule has 2 heterocycles. The van der Waals surface area contributed by atoms with Crippen LogP contribution < -0.4 is 5.32 Å². The average Bonchev–Trinajstić information content (AvgIpc) is 3.36. The predicted octanol–water partition coefficient (Wildman–Crippen LogP) is 5.41. The first kappa shape index (κ1) is 22.2. The van der Waals surface area contributed by atoms with Crippen molar-refractivity contribution in [3.63, 3.8) is 0 Å². The normalized spacial score (nSPS) is 13.9. The summed E-state index contributed by atoms with van der Waals surface area (Å²) in [6, 6.07) is 22.3. The fourth-order valence-electron chi connectivity index (χ4n) is 4.62. The van der Waals surface area contributed by atoms with Crippen LogP contribution in [0.5, 0.6) is 0 Å². The first-order chi connectivity index (χ1) is 16.6. The largest absolute Gasteiger partial charge is 0.351 e. The molecule has 172 valence electrons. The Kier molecular flexibility index (Phi) is 6.37. The van der Waals surface area contributed by atoms with Gasteiger partial charge in [-0.3, -0.25) is 4.79 Å². The Balaban J connectivity index is 1.50. The molecule has 1 saturated heterocycles. The molecule has 1 fully saturated rings. The highest BCUT2D eigenvalue weighted by Crippen LogP contribution is 2.32. The second kappa shape index (κ2) is 9.74. The monoisotopic (exact) mass is 450 g/mol. The molecule has 34 heavy (non-hydrogen) atoms. The van der Waals surface area contributed by atoms with Crippen LogP contribution in [0.1, 0.15) is 34.3 Å². The van der Waals surface area contributed by atoms with Gasteiger partial charge in [0.15, 0.2) is 0 Å². The Morgan fingerprint density at radius 2 is 1.44 bits per heavy atom. The molecule has 1 N–H and O–H groups in total. The predicted molar refractivity (Wildman–Crippen MR) is 138 cm³/mol. The Labute approximate surface area is 200 Å². The lowest BCUT2D eigenvalue weighted by atomic mass is 10.0. The number of fused-ring (bicyclic) bond motifs is 1. The van der Waals surface area contributed by atoms with Crippen LogP contribution >= 0.6 is 0 Å². The number of hydrogen-bond acceptors (Lipinski definition) is 4. The van der Waals surface area contributed by atoms with E-state index < -0.39 is 0 Å². The van der Waals surface area contributed by atoms with Crippen LogP contribution in [0.3, 0.4) is 0 Å². The summed E-state index contributed by atoms with van der Waals surface area (Å²) in [6.07, 6.45) is 2.51. The first-order valence-electron chi connectivity index (χ1n) is 12.0. The minimum Gasteiger partial charge on any atom is -0.351 e. The van der Waals surface area contributed by atoms with Gasteiger partial charge < -0.3 is 10.2 Å². The van der Waals surface area contributed by atoms with Gasteiger partial charge in [-0.15, -0.1) is 0 Å². The number of hydrogen-bond donors (Lipinski definition) is 1. The van der Waals surface area contributed by atoms with Gasteiger partial charge in [-0.25, -0.2) is 9.97 Å². The van der Waals surface area contributed by atoms with Crippen molar-refractivity contribution in [1.29, 1.82) is 0 Å². The molecule has 0 aliphatic carbocycles. The number of rotatable bonds is 6. The molecule has 5 rings (SSSR count). The lowest BCUT2D eigenvalue weighted by Crippen LogP contribution is -2.33. The summed E-state index contributed by atoms with van der Waals surface area (Å²) in [4.78, 5) is 25.2. The highest BCUT2D eigenvalue weighted by atomic mass is 16.1. The number of benzene rings is 3. The van der Waals surface area contributed by atoms with E-state index in [0.29, 0.717) is 12.1 Å². The fourth-order valence-corrected chi connectivity index (χ4v) is 4.62. The molecule has 0 radical (unpaired) electrons. The smallest absolute Gasteiger partial charge is 0.251 e. The Bertz CT molecular complexity index is 1340. The standard InChI is InChI=1S/C29H30N4O/c1-20-7-5-9-22(17-20)27-28(23-10-6-8-21(2)18-23)32-26-19-24(11-12-25(26)31-27)29(34)30-13-16-33-14-3-4-15-33/h5-12,17-19H,3-4,13-16H2,1-2H3,(H,30,34). The summed E-state index contributed by atoms with van der Waals surface area (Å²) >= 11 is 0. The fraction of sp³-hybridized carbons (Fsp3) is 0.276. The van der Waals surface area contributed by atoms with E-state index in [2.05, 4.69) is 60.5 Å². The summed E-state index contributed by atoms with van der Waals surface area (Å²) in [6.45, 7) is 7.98. The van der Waals surface area contributed by atoms with Gasteiger partial charge in [0.25, 0.3) is 5.91 Å². The molecule has 4 aromatic rings. The summed E-state index contributed by atoms with van der Waals surface area (Å²) < 4.78 is 0. The second-order valence-corrected chi connectivity index (χ2v) is 9.17. The Morgan fingerprint density at radius 3 is 2.06 bits per heavy atom. The highest BCUT2D eigenvalue weighted by molar-refractivity contribution is 5.98. The zero-order chi connectivity index (χ0) is 23.5. The molecule has 1 aliphatic heterocycles. The summed E-state index contributed by atoms with van der Waals surface area (Å²) in [5.74, 6) is -0.0669.